The SMILES string of the molecule is COc1cc(C(=O)N(CCCc2ccccc2)Cc2nc(C(=O)NS(=O)(=O)c3cccs3)cs2)cc(OC)c1C. The zero-order chi connectivity index (χ0) is 28.7. The first kappa shape index (κ1) is 29.2. The van der Waals surface area contributed by atoms with Crippen LogP contribution in [0.4, 0.5) is 0 Å². The number of nitrogens with one attached hydrogen (secondary N) is 1. The van der Waals surface area contributed by atoms with Gasteiger partial charge in [0.1, 0.15) is 26.4 Å². The summed E-state index contributed by atoms with van der Waals surface area (Å²) in [5.74, 6) is -0.00354. The summed E-state index contributed by atoms with van der Waals surface area (Å²) < 4.78 is 37.9. The normalized spacial score (nSPS) is 11.2. The molecule has 4 rings (SSSR count). The van der Waals surface area contributed by atoms with Gasteiger partial charge in [-0.15, -0.1) is 22.7 Å². The molecule has 2 aromatic carbocycles. The first-order chi connectivity index (χ1) is 19.2. The van der Waals surface area contributed by atoms with Crippen molar-refractivity contribution in [3.8, 4) is 11.5 Å². The third-order valence-corrected chi connectivity index (χ3v) is 9.68. The molecule has 0 saturated carbocycles. The molecule has 2 heterocycles. The topological polar surface area (TPSA) is 115 Å². The fourth-order valence-electron chi connectivity index (χ4n) is 4.06. The highest BCUT2D eigenvalue weighted by Gasteiger charge is 2.24. The van der Waals surface area contributed by atoms with Crippen LogP contribution in [0.5, 0.6) is 11.5 Å². The van der Waals surface area contributed by atoms with Gasteiger partial charge in [0.2, 0.25) is 0 Å². The smallest absolute Gasteiger partial charge is 0.284 e. The van der Waals surface area contributed by atoms with Gasteiger partial charge >= 0.3 is 0 Å². The molecule has 210 valence electrons. The summed E-state index contributed by atoms with van der Waals surface area (Å²) in [6.45, 7) is 2.42. The zero-order valence-electron chi connectivity index (χ0n) is 22.2. The number of aromatic nitrogens is 1. The second-order valence-corrected chi connectivity index (χ2v) is 12.6. The maximum Gasteiger partial charge on any atom is 0.284 e. The standard InChI is InChI=1S/C28H29N3O6S3/c1-19-23(36-2)15-21(16-24(19)37-3)28(33)31(13-7-11-20-9-5-4-6-10-20)17-25-29-22(18-39-25)27(32)30-40(34,35)26-12-8-14-38-26/h4-6,8-10,12,14-16,18H,7,11,13,17H2,1-3H3,(H,30,32). The second kappa shape index (κ2) is 13.1. The molecule has 2 amide bonds. The largest absolute Gasteiger partial charge is 0.496 e. The van der Waals surface area contributed by atoms with Crippen molar-refractivity contribution in [3.63, 3.8) is 0 Å². The Hall–Kier alpha value is -3.74. The summed E-state index contributed by atoms with van der Waals surface area (Å²) in [5, 5.41) is 3.60. The van der Waals surface area contributed by atoms with Gasteiger partial charge in [-0.1, -0.05) is 36.4 Å². The number of carbonyl (C=O) groups is 2. The third kappa shape index (κ3) is 7.06. The Balaban J connectivity index is 1.54. The van der Waals surface area contributed by atoms with Crippen LogP contribution in [-0.2, 0) is 23.0 Å². The van der Waals surface area contributed by atoms with E-state index in [4.69, 9.17) is 9.47 Å². The monoisotopic (exact) mass is 599 g/mol. The third-order valence-electron chi connectivity index (χ3n) is 6.12. The van der Waals surface area contributed by atoms with Crippen molar-refractivity contribution in [2.75, 3.05) is 20.8 Å². The number of sulfonamides is 1. The van der Waals surface area contributed by atoms with Crippen molar-refractivity contribution in [2.24, 2.45) is 0 Å². The predicted octanol–water partition coefficient (Wildman–Crippen LogP) is 4.92. The molecule has 0 aliphatic rings. The molecule has 1 N–H and O–H groups in total. The lowest BCUT2D eigenvalue weighted by Crippen LogP contribution is -2.32. The molecular formula is C28H29N3O6S3. The molecule has 4 aromatic rings. The van der Waals surface area contributed by atoms with Crippen LogP contribution in [0, 0.1) is 6.92 Å². The molecular weight excluding hydrogens is 571 g/mol. The van der Waals surface area contributed by atoms with Crippen molar-refractivity contribution >= 4 is 44.5 Å². The van der Waals surface area contributed by atoms with Crippen molar-refractivity contribution in [1.82, 2.24) is 14.6 Å². The van der Waals surface area contributed by atoms with Gasteiger partial charge in [-0.3, -0.25) is 9.59 Å². The molecule has 12 heteroatoms. The molecule has 0 radical (unpaired) electrons. The van der Waals surface area contributed by atoms with Gasteiger partial charge < -0.3 is 14.4 Å². The number of thiophene rings is 1. The van der Waals surface area contributed by atoms with Gasteiger partial charge in [0.15, 0.2) is 0 Å². The summed E-state index contributed by atoms with van der Waals surface area (Å²) in [4.78, 5) is 32.4. The number of carbonyl (C=O) groups excluding carboxylic acids is 2. The summed E-state index contributed by atoms with van der Waals surface area (Å²) in [6, 6.07) is 16.4. The summed E-state index contributed by atoms with van der Waals surface area (Å²) in [5.41, 5.74) is 2.31. The van der Waals surface area contributed by atoms with E-state index in [9.17, 15) is 18.0 Å². The number of benzene rings is 2. The lowest BCUT2D eigenvalue weighted by atomic mass is 10.1. The molecule has 2 aromatic heterocycles. The minimum absolute atomic E-state index is 0.0320. The zero-order valence-corrected chi connectivity index (χ0v) is 24.7. The number of amides is 2. The van der Waals surface area contributed by atoms with Crippen LogP contribution < -0.4 is 14.2 Å². The highest BCUT2D eigenvalue weighted by molar-refractivity contribution is 7.92. The maximum absolute atomic E-state index is 13.7. The molecule has 0 spiro atoms. The van der Waals surface area contributed by atoms with Gasteiger partial charge in [0.05, 0.1) is 20.8 Å². The predicted molar refractivity (Wildman–Crippen MR) is 155 cm³/mol. The molecule has 0 aliphatic heterocycles. The minimum atomic E-state index is -3.99. The number of hydrogen-bond acceptors (Lipinski definition) is 9. The van der Waals surface area contributed by atoms with E-state index in [1.54, 1.807) is 28.5 Å². The molecule has 0 aliphatic carbocycles. The molecule has 0 fully saturated rings. The molecule has 9 nitrogen and oxygen atoms in total. The maximum atomic E-state index is 13.7. The van der Waals surface area contributed by atoms with Crippen molar-refractivity contribution in [1.29, 1.82) is 0 Å². The highest BCUT2D eigenvalue weighted by Crippen LogP contribution is 2.30. The van der Waals surface area contributed by atoms with E-state index in [0.29, 0.717) is 35.0 Å². The first-order valence-corrected chi connectivity index (χ1v) is 15.6. The van der Waals surface area contributed by atoms with E-state index in [1.165, 1.54) is 37.0 Å². The lowest BCUT2D eigenvalue weighted by Gasteiger charge is -2.23. The number of methoxy groups -OCH3 is 2. The van der Waals surface area contributed by atoms with Crippen LogP contribution in [0.1, 0.15) is 43.4 Å². The lowest BCUT2D eigenvalue weighted by molar-refractivity contribution is 0.0740. The average molecular weight is 600 g/mol. The van der Waals surface area contributed by atoms with Gasteiger partial charge in [-0.2, -0.15) is 0 Å². The molecule has 0 atom stereocenters. The van der Waals surface area contributed by atoms with Crippen molar-refractivity contribution in [3.05, 3.63) is 92.7 Å². The molecule has 0 saturated heterocycles. The minimum Gasteiger partial charge on any atom is -0.496 e. The number of ether oxygens (including phenoxy) is 2. The van der Waals surface area contributed by atoms with Crippen molar-refractivity contribution < 1.29 is 27.5 Å². The fraction of sp³-hybridized carbons (Fsp3) is 0.250. The number of aryl methyl sites for hydroxylation is 1. The fourth-order valence-corrected chi connectivity index (χ4v) is 6.80. The van der Waals surface area contributed by atoms with E-state index >= 15 is 0 Å². The molecule has 40 heavy (non-hydrogen) atoms. The van der Waals surface area contributed by atoms with Gasteiger partial charge in [-0.05, 0) is 48.9 Å². The van der Waals surface area contributed by atoms with Crippen LogP contribution in [0.2, 0.25) is 0 Å². The van der Waals surface area contributed by atoms with E-state index in [2.05, 4.69) is 9.71 Å². The molecule has 0 bridgehead atoms. The van der Waals surface area contributed by atoms with Crippen molar-refractivity contribution in [2.45, 2.75) is 30.5 Å². The first-order valence-electron chi connectivity index (χ1n) is 12.3. The Labute approximate surface area is 241 Å². The Morgan fingerprint density at radius 2 is 1.70 bits per heavy atom. The van der Waals surface area contributed by atoms with Crippen LogP contribution in [0.3, 0.4) is 0 Å². The van der Waals surface area contributed by atoms with Gasteiger partial charge in [0.25, 0.3) is 21.8 Å². The van der Waals surface area contributed by atoms with Crippen LogP contribution in [0.25, 0.3) is 0 Å². The quantitative estimate of drug-likeness (QED) is 0.246. The van der Waals surface area contributed by atoms with Crippen LogP contribution in [0.15, 0.2) is 69.6 Å². The highest BCUT2D eigenvalue weighted by atomic mass is 32.2. The van der Waals surface area contributed by atoms with Gasteiger partial charge in [-0.25, -0.2) is 18.1 Å². The summed E-state index contributed by atoms with van der Waals surface area (Å²) in [6.07, 6.45) is 1.48. The Kier molecular flexibility index (Phi) is 9.56. The van der Waals surface area contributed by atoms with E-state index in [0.717, 1.165) is 28.9 Å². The Morgan fingerprint density at radius 1 is 1.00 bits per heavy atom. The van der Waals surface area contributed by atoms with E-state index in [-0.39, 0.29) is 22.4 Å². The number of rotatable bonds is 12. The Bertz CT molecular complexity index is 1540. The van der Waals surface area contributed by atoms with E-state index in [1.807, 2.05) is 37.3 Å². The Morgan fingerprint density at radius 3 is 2.33 bits per heavy atom. The number of nitrogens with zero attached hydrogens (tertiary/aromatic N) is 2. The average Bonchev–Trinajstić information content (AvgIpc) is 3.66. The number of hydrogen-bond donors (Lipinski definition) is 1. The summed E-state index contributed by atoms with van der Waals surface area (Å²) in [7, 11) is -0.915. The van der Waals surface area contributed by atoms with E-state index < -0.39 is 15.9 Å². The summed E-state index contributed by atoms with van der Waals surface area (Å²) >= 11 is 2.19. The van der Waals surface area contributed by atoms with Gasteiger partial charge in [0, 0.05) is 23.1 Å². The van der Waals surface area contributed by atoms with Crippen LogP contribution >= 0.6 is 22.7 Å². The molecule has 0 unspecified atom stereocenters. The second-order valence-electron chi connectivity index (χ2n) is 8.81. The number of thiazole rings is 1. The van der Waals surface area contributed by atoms with Crippen LogP contribution in [-0.4, -0.2) is 50.9 Å².